The van der Waals surface area contributed by atoms with Crippen molar-refractivity contribution in [3.63, 3.8) is 0 Å². The van der Waals surface area contributed by atoms with Gasteiger partial charge in [0, 0.05) is 5.69 Å². The van der Waals surface area contributed by atoms with Crippen molar-refractivity contribution in [2.24, 2.45) is 0 Å². The van der Waals surface area contributed by atoms with Crippen molar-refractivity contribution in [1.29, 1.82) is 5.26 Å². The molecule has 3 nitrogen and oxygen atoms in total. The summed E-state index contributed by atoms with van der Waals surface area (Å²) in [6.07, 6.45) is -2.68. The van der Waals surface area contributed by atoms with Gasteiger partial charge in [0.2, 0.25) is 0 Å². The standard InChI is InChI=1S/C8H6F2IN3/c9-8(10)7-6(11)5(13)3-4(14-7)1-2-12/h3,8H,1H2,(H2,13,14). The number of hydrogen-bond donors (Lipinski definition) is 1. The van der Waals surface area contributed by atoms with Gasteiger partial charge in [0.15, 0.2) is 0 Å². The molecule has 0 spiro atoms. The molecule has 0 aliphatic rings. The molecule has 74 valence electrons. The number of nitrogens with zero attached hydrogens (tertiary/aromatic N) is 2. The minimum Gasteiger partial charge on any atom is -0.398 e. The van der Waals surface area contributed by atoms with Crippen molar-refractivity contribution in [1.82, 2.24) is 4.98 Å². The van der Waals surface area contributed by atoms with Gasteiger partial charge in [-0.3, -0.25) is 0 Å². The minimum absolute atomic E-state index is 0.0131. The highest BCUT2D eigenvalue weighted by molar-refractivity contribution is 14.1. The van der Waals surface area contributed by atoms with Gasteiger partial charge < -0.3 is 5.73 Å². The van der Waals surface area contributed by atoms with Crippen LogP contribution in [0.15, 0.2) is 6.07 Å². The molecule has 0 bridgehead atoms. The van der Waals surface area contributed by atoms with E-state index in [1.165, 1.54) is 6.07 Å². The number of nitrogens with two attached hydrogens (primary N) is 1. The molecule has 1 heterocycles. The molecule has 0 aliphatic heterocycles. The number of anilines is 1. The van der Waals surface area contributed by atoms with E-state index in [2.05, 4.69) is 4.98 Å². The lowest BCUT2D eigenvalue weighted by atomic mass is 10.2. The molecule has 2 N–H and O–H groups in total. The lowest BCUT2D eigenvalue weighted by Crippen LogP contribution is -2.03. The molecule has 1 aromatic heterocycles. The van der Waals surface area contributed by atoms with E-state index >= 15 is 0 Å². The third-order valence-corrected chi connectivity index (χ3v) is 2.71. The molecule has 0 aliphatic carbocycles. The molecule has 6 heteroatoms. The molecule has 0 radical (unpaired) electrons. The summed E-state index contributed by atoms with van der Waals surface area (Å²) >= 11 is 1.71. The zero-order valence-corrected chi connectivity index (χ0v) is 9.12. The highest BCUT2D eigenvalue weighted by atomic mass is 127. The van der Waals surface area contributed by atoms with Crippen molar-refractivity contribution in [3.05, 3.63) is 21.0 Å². The van der Waals surface area contributed by atoms with Crippen LogP contribution in [0.1, 0.15) is 17.8 Å². The fourth-order valence-electron chi connectivity index (χ4n) is 0.943. The van der Waals surface area contributed by atoms with Crippen molar-refractivity contribution < 1.29 is 8.78 Å². The normalized spacial score (nSPS) is 10.2. The fraction of sp³-hybridized carbons (Fsp3) is 0.250. The van der Waals surface area contributed by atoms with Gasteiger partial charge in [-0.2, -0.15) is 5.26 Å². The highest BCUT2D eigenvalue weighted by Crippen LogP contribution is 2.27. The Morgan fingerprint density at radius 2 is 2.29 bits per heavy atom. The Labute approximate surface area is 93.1 Å². The zero-order valence-electron chi connectivity index (χ0n) is 6.97. The number of nitriles is 1. The van der Waals surface area contributed by atoms with E-state index in [0.29, 0.717) is 0 Å². The summed E-state index contributed by atoms with van der Waals surface area (Å²) in [4.78, 5) is 3.66. The van der Waals surface area contributed by atoms with Gasteiger partial charge in [-0.15, -0.1) is 0 Å². The maximum atomic E-state index is 12.4. The SMILES string of the molecule is N#CCc1cc(N)c(I)c(C(F)F)n1. The van der Waals surface area contributed by atoms with Crippen molar-refractivity contribution in [3.8, 4) is 6.07 Å². The number of pyridine rings is 1. The molecule has 0 aromatic carbocycles. The first kappa shape index (κ1) is 11.1. The van der Waals surface area contributed by atoms with Crippen LogP contribution in [0.25, 0.3) is 0 Å². The van der Waals surface area contributed by atoms with Crippen LogP contribution in [0.4, 0.5) is 14.5 Å². The maximum Gasteiger partial charge on any atom is 0.281 e. The predicted molar refractivity (Wildman–Crippen MR) is 55.6 cm³/mol. The van der Waals surface area contributed by atoms with Gasteiger partial charge in [-0.1, -0.05) is 0 Å². The van der Waals surface area contributed by atoms with Crippen LogP contribution >= 0.6 is 22.6 Å². The highest BCUT2D eigenvalue weighted by Gasteiger charge is 2.16. The smallest absolute Gasteiger partial charge is 0.281 e. The molecule has 0 saturated heterocycles. The Morgan fingerprint density at radius 3 is 2.79 bits per heavy atom. The summed E-state index contributed by atoms with van der Waals surface area (Å²) in [5, 5.41) is 8.39. The second kappa shape index (κ2) is 4.50. The molecule has 0 saturated carbocycles. The van der Waals surface area contributed by atoms with Crippen LogP contribution in [0, 0.1) is 14.9 Å². The monoisotopic (exact) mass is 309 g/mol. The van der Waals surface area contributed by atoms with Gasteiger partial charge in [-0.25, -0.2) is 13.8 Å². The third-order valence-electron chi connectivity index (χ3n) is 1.53. The number of aromatic nitrogens is 1. The van der Waals surface area contributed by atoms with E-state index in [-0.39, 0.29) is 27.1 Å². The lowest BCUT2D eigenvalue weighted by molar-refractivity contribution is 0.145. The summed E-state index contributed by atoms with van der Waals surface area (Å²) in [6.45, 7) is 0. The van der Waals surface area contributed by atoms with Crippen molar-refractivity contribution in [2.75, 3.05) is 5.73 Å². The average Bonchev–Trinajstić information content (AvgIpc) is 2.11. The topological polar surface area (TPSA) is 62.7 Å². The van der Waals surface area contributed by atoms with Gasteiger partial charge in [0.25, 0.3) is 6.43 Å². The van der Waals surface area contributed by atoms with Gasteiger partial charge in [0.05, 0.1) is 21.8 Å². The van der Waals surface area contributed by atoms with Gasteiger partial charge in [0.1, 0.15) is 5.69 Å². The summed E-state index contributed by atoms with van der Waals surface area (Å²) < 4.78 is 25.1. The number of rotatable bonds is 2. The van der Waals surface area contributed by atoms with Gasteiger partial charge in [-0.05, 0) is 28.7 Å². The molecule has 0 atom stereocenters. The maximum absolute atomic E-state index is 12.4. The summed E-state index contributed by atoms with van der Waals surface area (Å²) in [5.41, 5.74) is 5.66. The number of alkyl halides is 2. The summed E-state index contributed by atoms with van der Waals surface area (Å²) in [6, 6.07) is 3.27. The molecular formula is C8H6F2IN3. The van der Waals surface area contributed by atoms with Crippen LogP contribution in [0.5, 0.6) is 0 Å². The lowest BCUT2D eigenvalue weighted by Gasteiger charge is -2.07. The van der Waals surface area contributed by atoms with Crippen LogP contribution < -0.4 is 5.73 Å². The largest absolute Gasteiger partial charge is 0.398 e. The van der Waals surface area contributed by atoms with Crippen LogP contribution in [0.3, 0.4) is 0 Å². The van der Waals surface area contributed by atoms with Crippen molar-refractivity contribution >= 4 is 28.3 Å². The Morgan fingerprint density at radius 1 is 1.64 bits per heavy atom. The minimum atomic E-state index is -2.66. The Balaban J connectivity index is 3.22. The first-order valence-electron chi connectivity index (χ1n) is 3.66. The Bertz CT molecular complexity index is 387. The molecular weight excluding hydrogens is 303 g/mol. The summed E-state index contributed by atoms with van der Waals surface area (Å²) in [5.74, 6) is 0. The van der Waals surface area contributed by atoms with Crippen LogP contribution in [-0.2, 0) is 6.42 Å². The third kappa shape index (κ3) is 2.29. The Hall–Kier alpha value is -0.970. The second-order valence-corrected chi connectivity index (χ2v) is 3.62. The summed E-state index contributed by atoms with van der Waals surface area (Å²) in [7, 11) is 0. The fourth-order valence-corrected chi connectivity index (χ4v) is 1.45. The van der Waals surface area contributed by atoms with E-state index in [4.69, 9.17) is 11.0 Å². The molecule has 1 rings (SSSR count). The van der Waals surface area contributed by atoms with E-state index in [1.807, 2.05) is 6.07 Å². The first-order chi connectivity index (χ1) is 6.56. The van der Waals surface area contributed by atoms with E-state index in [0.717, 1.165) is 0 Å². The van der Waals surface area contributed by atoms with E-state index < -0.39 is 6.43 Å². The predicted octanol–water partition coefficient (Wildman–Crippen LogP) is 2.27. The van der Waals surface area contributed by atoms with E-state index in [9.17, 15) is 8.78 Å². The first-order valence-corrected chi connectivity index (χ1v) is 4.74. The number of hydrogen-bond acceptors (Lipinski definition) is 3. The van der Waals surface area contributed by atoms with Gasteiger partial charge >= 0.3 is 0 Å². The Kier molecular flexibility index (Phi) is 3.57. The molecule has 14 heavy (non-hydrogen) atoms. The number of halogens is 3. The quantitative estimate of drug-likeness (QED) is 0.853. The van der Waals surface area contributed by atoms with Crippen LogP contribution in [-0.4, -0.2) is 4.98 Å². The van der Waals surface area contributed by atoms with Crippen molar-refractivity contribution in [2.45, 2.75) is 12.8 Å². The van der Waals surface area contributed by atoms with E-state index in [1.54, 1.807) is 22.6 Å². The molecule has 1 aromatic rings. The second-order valence-electron chi connectivity index (χ2n) is 2.54. The average molecular weight is 309 g/mol. The molecule has 0 amide bonds. The number of nitrogen functional groups attached to an aromatic ring is 1. The molecule has 0 unspecified atom stereocenters. The molecule has 0 fully saturated rings. The van der Waals surface area contributed by atoms with Crippen LogP contribution in [0.2, 0.25) is 0 Å². The zero-order chi connectivity index (χ0) is 10.7.